The predicted molar refractivity (Wildman–Crippen MR) is 54.6 cm³/mol. The minimum atomic E-state index is 0.114. The van der Waals surface area contributed by atoms with E-state index in [1.165, 1.54) is 4.88 Å². The van der Waals surface area contributed by atoms with Gasteiger partial charge in [0.25, 0.3) is 0 Å². The molecule has 0 bridgehead atoms. The zero-order chi connectivity index (χ0) is 8.97. The highest BCUT2D eigenvalue weighted by atomic mass is 79.9. The fraction of sp³-hybridized carbons (Fsp3) is 0.375. The Morgan fingerprint density at radius 2 is 2.50 bits per heavy atom. The second-order valence-electron chi connectivity index (χ2n) is 2.46. The third-order valence-corrected chi connectivity index (χ3v) is 2.85. The van der Waals surface area contributed by atoms with Crippen molar-refractivity contribution in [3.05, 3.63) is 22.4 Å². The Bertz CT molecular complexity index is 248. The van der Waals surface area contributed by atoms with Crippen molar-refractivity contribution in [1.29, 1.82) is 0 Å². The van der Waals surface area contributed by atoms with E-state index in [1.807, 2.05) is 24.6 Å². The smallest absolute Gasteiger partial charge is 0.233 e. The summed E-state index contributed by atoms with van der Waals surface area (Å²) in [4.78, 5) is 14.0. The van der Waals surface area contributed by atoms with Gasteiger partial charge in [0.05, 0.1) is 11.9 Å². The van der Waals surface area contributed by atoms with Crippen molar-refractivity contribution < 1.29 is 4.79 Å². The summed E-state index contributed by atoms with van der Waals surface area (Å²) in [5.41, 5.74) is 0. The number of halogens is 1. The highest BCUT2D eigenvalue weighted by Gasteiger charge is 2.06. The molecule has 0 N–H and O–H groups in total. The van der Waals surface area contributed by atoms with Gasteiger partial charge in [-0.2, -0.15) is 0 Å². The second-order valence-corrected chi connectivity index (χ2v) is 4.06. The van der Waals surface area contributed by atoms with Gasteiger partial charge in [0.15, 0.2) is 0 Å². The minimum absolute atomic E-state index is 0.114. The summed E-state index contributed by atoms with van der Waals surface area (Å²) in [6.45, 7) is 0.710. The van der Waals surface area contributed by atoms with E-state index in [0.717, 1.165) is 0 Å². The molecule has 0 aromatic carbocycles. The molecule has 12 heavy (non-hydrogen) atoms. The maximum atomic E-state index is 11.1. The molecule has 0 spiro atoms. The molecule has 0 unspecified atom stereocenters. The normalized spacial score (nSPS) is 9.83. The van der Waals surface area contributed by atoms with Gasteiger partial charge in [-0.15, -0.1) is 11.3 Å². The molecule has 0 fully saturated rings. The van der Waals surface area contributed by atoms with Gasteiger partial charge in [0.2, 0.25) is 5.91 Å². The number of amides is 1. The summed E-state index contributed by atoms with van der Waals surface area (Å²) in [5, 5.41) is 2.41. The molecule has 1 rings (SSSR count). The van der Waals surface area contributed by atoms with Crippen LogP contribution in [0, 0.1) is 0 Å². The van der Waals surface area contributed by atoms with Crippen molar-refractivity contribution >= 4 is 33.2 Å². The molecule has 2 nitrogen and oxygen atoms in total. The molecular formula is C8H10BrNOS. The lowest BCUT2D eigenvalue weighted by atomic mass is 10.4. The molecule has 0 saturated heterocycles. The van der Waals surface area contributed by atoms with E-state index >= 15 is 0 Å². The van der Waals surface area contributed by atoms with Gasteiger partial charge < -0.3 is 4.90 Å². The molecule has 1 aromatic rings. The summed E-state index contributed by atoms with van der Waals surface area (Å²) in [5.74, 6) is 0.114. The first-order valence-corrected chi connectivity index (χ1v) is 5.56. The summed E-state index contributed by atoms with van der Waals surface area (Å²) in [7, 11) is 1.81. The topological polar surface area (TPSA) is 20.3 Å². The minimum Gasteiger partial charge on any atom is -0.340 e. The fourth-order valence-electron chi connectivity index (χ4n) is 0.826. The highest BCUT2D eigenvalue weighted by molar-refractivity contribution is 9.09. The van der Waals surface area contributed by atoms with E-state index in [2.05, 4.69) is 15.9 Å². The Hall–Kier alpha value is -0.350. The van der Waals surface area contributed by atoms with Crippen molar-refractivity contribution in [2.24, 2.45) is 0 Å². The lowest BCUT2D eigenvalue weighted by Gasteiger charge is -2.13. The number of alkyl halides is 1. The van der Waals surface area contributed by atoms with Crippen LogP contribution >= 0.6 is 27.3 Å². The molecule has 0 aliphatic rings. The number of carbonyl (C=O) groups excluding carboxylic acids is 1. The van der Waals surface area contributed by atoms with Crippen LogP contribution < -0.4 is 0 Å². The van der Waals surface area contributed by atoms with Gasteiger partial charge in [-0.1, -0.05) is 22.0 Å². The van der Waals surface area contributed by atoms with Crippen molar-refractivity contribution in [3.8, 4) is 0 Å². The van der Waals surface area contributed by atoms with Crippen LogP contribution in [0.1, 0.15) is 4.88 Å². The highest BCUT2D eigenvalue weighted by Crippen LogP contribution is 2.10. The van der Waals surface area contributed by atoms with E-state index in [1.54, 1.807) is 16.2 Å². The van der Waals surface area contributed by atoms with Crippen LogP contribution in [0.2, 0.25) is 0 Å². The summed E-state index contributed by atoms with van der Waals surface area (Å²) >= 11 is 4.80. The third-order valence-electron chi connectivity index (χ3n) is 1.51. The zero-order valence-electron chi connectivity index (χ0n) is 6.79. The molecule has 0 radical (unpaired) electrons. The lowest BCUT2D eigenvalue weighted by Crippen LogP contribution is -2.26. The largest absolute Gasteiger partial charge is 0.340 e. The Balaban J connectivity index is 2.47. The average molecular weight is 248 g/mol. The number of nitrogens with zero attached hydrogens (tertiary/aromatic N) is 1. The number of thiophene rings is 1. The fourth-order valence-corrected chi connectivity index (χ4v) is 2.01. The van der Waals surface area contributed by atoms with E-state index < -0.39 is 0 Å². The van der Waals surface area contributed by atoms with E-state index in [-0.39, 0.29) is 5.91 Å². The van der Waals surface area contributed by atoms with Crippen LogP contribution in [-0.2, 0) is 11.3 Å². The predicted octanol–water partition coefficient (Wildman–Crippen LogP) is 2.10. The lowest BCUT2D eigenvalue weighted by molar-refractivity contribution is -0.127. The molecule has 1 amide bonds. The van der Waals surface area contributed by atoms with Crippen LogP contribution in [0.3, 0.4) is 0 Å². The van der Waals surface area contributed by atoms with Crippen LogP contribution in [0.25, 0.3) is 0 Å². The van der Waals surface area contributed by atoms with Crippen LogP contribution in [0.15, 0.2) is 17.5 Å². The Morgan fingerprint density at radius 1 is 1.75 bits per heavy atom. The average Bonchev–Trinajstić information content (AvgIpc) is 2.55. The second kappa shape index (κ2) is 4.62. The molecule has 0 saturated carbocycles. The van der Waals surface area contributed by atoms with Crippen molar-refractivity contribution in [2.75, 3.05) is 12.4 Å². The van der Waals surface area contributed by atoms with E-state index in [0.29, 0.717) is 11.9 Å². The van der Waals surface area contributed by atoms with Crippen molar-refractivity contribution in [3.63, 3.8) is 0 Å². The maximum absolute atomic E-state index is 11.1. The zero-order valence-corrected chi connectivity index (χ0v) is 9.19. The number of carbonyl (C=O) groups is 1. The Morgan fingerprint density at radius 3 is 3.00 bits per heavy atom. The van der Waals surface area contributed by atoms with Crippen LogP contribution in [0.5, 0.6) is 0 Å². The van der Waals surface area contributed by atoms with Gasteiger partial charge in [0, 0.05) is 11.9 Å². The first kappa shape index (κ1) is 9.74. The summed E-state index contributed by atoms with van der Waals surface area (Å²) < 4.78 is 0. The third kappa shape index (κ3) is 2.60. The summed E-state index contributed by atoms with van der Waals surface area (Å²) in [6.07, 6.45) is 0. The molecule has 1 heterocycles. The first-order chi connectivity index (χ1) is 5.74. The summed E-state index contributed by atoms with van der Waals surface area (Å²) in [6, 6.07) is 4.02. The molecule has 1 aromatic heterocycles. The molecule has 66 valence electrons. The van der Waals surface area contributed by atoms with Gasteiger partial charge in [-0.3, -0.25) is 4.79 Å². The SMILES string of the molecule is CN(Cc1cccs1)C(=O)CBr. The molecule has 0 aliphatic heterocycles. The van der Waals surface area contributed by atoms with Gasteiger partial charge in [-0.05, 0) is 11.4 Å². The number of hydrogen-bond donors (Lipinski definition) is 0. The van der Waals surface area contributed by atoms with E-state index in [4.69, 9.17) is 0 Å². The van der Waals surface area contributed by atoms with E-state index in [9.17, 15) is 4.79 Å². The van der Waals surface area contributed by atoms with Crippen LogP contribution in [0.4, 0.5) is 0 Å². The molecule has 0 aliphatic carbocycles. The van der Waals surface area contributed by atoms with Crippen molar-refractivity contribution in [2.45, 2.75) is 6.54 Å². The first-order valence-electron chi connectivity index (χ1n) is 3.56. The number of rotatable bonds is 3. The molecule has 0 atom stereocenters. The van der Waals surface area contributed by atoms with Crippen LogP contribution in [-0.4, -0.2) is 23.2 Å². The van der Waals surface area contributed by atoms with Gasteiger partial charge in [-0.25, -0.2) is 0 Å². The van der Waals surface area contributed by atoms with Crippen molar-refractivity contribution in [1.82, 2.24) is 4.90 Å². The Kier molecular flexibility index (Phi) is 3.75. The number of hydrogen-bond acceptors (Lipinski definition) is 2. The van der Waals surface area contributed by atoms with Gasteiger partial charge >= 0.3 is 0 Å². The molecular weight excluding hydrogens is 238 g/mol. The standard InChI is InChI=1S/C8H10BrNOS/c1-10(8(11)5-9)6-7-3-2-4-12-7/h2-4H,5-6H2,1H3. The Labute approximate surface area is 84.3 Å². The maximum Gasteiger partial charge on any atom is 0.233 e. The molecule has 4 heteroatoms. The quantitative estimate of drug-likeness (QED) is 0.750. The van der Waals surface area contributed by atoms with Gasteiger partial charge in [0.1, 0.15) is 0 Å². The monoisotopic (exact) mass is 247 g/mol.